The molecule has 0 unspecified atom stereocenters. The molecule has 0 fully saturated rings. The van der Waals surface area contributed by atoms with Crippen LogP contribution in [0.5, 0.6) is 0 Å². The SMILES string of the molecule is CN(c1ccccc1)S(=O)(=O)c1ccc(C(=O)Nc2cccc(S(=O)(=O)NCc3ccco3)c2)cc1. The number of sulfonamides is 2. The van der Waals surface area contributed by atoms with Gasteiger partial charge in [0.15, 0.2) is 0 Å². The standard InChI is InChI=1S/C25H23N3O6S2/c1-28(21-8-3-2-4-9-21)36(32,33)23-14-12-19(13-15-23)25(29)27-20-7-5-11-24(17-20)35(30,31)26-18-22-10-6-16-34-22/h2-17,26H,18H2,1H3,(H,27,29). The molecular formula is C25H23N3O6S2. The van der Waals surface area contributed by atoms with Crippen LogP contribution in [0, 0.1) is 0 Å². The second kappa shape index (κ2) is 10.4. The zero-order valence-electron chi connectivity index (χ0n) is 19.2. The fourth-order valence-corrected chi connectivity index (χ4v) is 5.55. The fraction of sp³-hybridized carbons (Fsp3) is 0.0800. The summed E-state index contributed by atoms with van der Waals surface area (Å²) in [5, 5.41) is 2.64. The second-order valence-corrected chi connectivity index (χ2v) is 11.5. The largest absolute Gasteiger partial charge is 0.468 e. The van der Waals surface area contributed by atoms with Gasteiger partial charge in [-0.05, 0) is 66.7 Å². The Bertz CT molecular complexity index is 1550. The van der Waals surface area contributed by atoms with Crippen molar-refractivity contribution in [1.29, 1.82) is 0 Å². The normalized spacial score (nSPS) is 11.7. The van der Waals surface area contributed by atoms with Crippen LogP contribution < -0.4 is 14.3 Å². The van der Waals surface area contributed by atoms with Crippen molar-refractivity contribution in [2.24, 2.45) is 0 Å². The average Bonchev–Trinajstić information content (AvgIpc) is 3.42. The lowest BCUT2D eigenvalue weighted by Crippen LogP contribution is -2.26. The van der Waals surface area contributed by atoms with E-state index in [4.69, 9.17) is 4.42 Å². The van der Waals surface area contributed by atoms with Crippen LogP contribution >= 0.6 is 0 Å². The summed E-state index contributed by atoms with van der Waals surface area (Å²) >= 11 is 0. The van der Waals surface area contributed by atoms with Crippen LogP contribution in [0.3, 0.4) is 0 Å². The van der Waals surface area contributed by atoms with E-state index in [2.05, 4.69) is 10.0 Å². The average molecular weight is 526 g/mol. The van der Waals surface area contributed by atoms with Gasteiger partial charge in [0.2, 0.25) is 10.0 Å². The van der Waals surface area contributed by atoms with E-state index in [1.165, 1.54) is 55.8 Å². The lowest BCUT2D eigenvalue weighted by molar-refractivity contribution is 0.102. The summed E-state index contributed by atoms with van der Waals surface area (Å²) in [7, 11) is -6.21. The monoisotopic (exact) mass is 525 g/mol. The number of benzene rings is 3. The molecular weight excluding hydrogens is 502 g/mol. The predicted octanol–water partition coefficient (Wildman–Crippen LogP) is 3.84. The Morgan fingerprint density at radius 3 is 2.22 bits per heavy atom. The summed E-state index contributed by atoms with van der Waals surface area (Å²) in [6, 6.07) is 23.2. The molecule has 186 valence electrons. The topological polar surface area (TPSA) is 126 Å². The Kier molecular flexibility index (Phi) is 7.25. The van der Waals surface area contributed by atoms with Gasteiger partial charge in [-0.25, -0.2) is 21.6 Å². The third-order valence-electron chi connectivity index (χ3n) is 5.31. The minimum atomic E-state index is -3.85. The molecule has 0 aliphatic carbocycles. The molecule has 9 nitrogen and oxygen atoms in total. The summed E-state index contributed by atoms with van der Waals surface area (Å²) in [4.78, 5) is 12.7. The Labute approximate surface area is 209 Å². The number of rotatable bonds is 9. The van der Waals surface area contributed by atoms with Gasteiger partial charge in [0, 0.05) is 18.3 Å². The minimum Gasteiger partial charge on any atom is -0.468 e. The third kappa shape index (κ3) is 5.65. The Balaban J connectivity index is 1.45. The van der Waals surface area contributed by atoms with E-state index >= 15 is 0 Å². The molecule has 11 heteroatoms. The maximum Gasteiger partial charge on any atom is 0.264 e. The predicted molar refractivity (Wildman–Crippen MR) is 136 cm³/mol. The van der Waals surface area contributed by atoms with Crippen LogP contribution in [0.2, 0.25) is 0 Å². The molecule has 1 aromatic heterocycles. The summed E-state index contributed by atoms with van der Waals surface area (Å²) in [5.74, 6) is -0.0584. The summed E-state index contributed by atoms with van der Waals surface area (Å²) < 4.78 is 59.8. The molecule has 0 radical (unpaired) electrons. The summed E-state index contributed by atoms with van der Waals surface area (Å²) in [6.45, 7) is -0.0133. The van der Waals surface area contributed by atoms with E-state index < -0.39 is 26.0 Å². The summed E-state index contributed by atoms with van der Waals surface area (Å²) in [6.07, 6.45) is 1.45. The zero-order valence-corrected chi connectivity index (χ0v) is 20.8. The molecule has 4 aromatic rings. The van der Waals surface area contributed by atoms with Crippen LogP contribution in [-0.4, -0.2) is 29.8 Å². The lowest BCUT2D eigenvalue weighted by atomic mass is 10.2. The van der Waals surface area contributed by atoms with E-state index in [1.54, 1.807) is 48.5 Å². The molecule has 3 aromatic carbocycles. The number of hydrogen-bond donors (Lipinski definition) is 2. The number of nitrogens with one attached hydrogen (secondary N) is 2. The number of hydrogen-bond acceptors (Lipinski definition) is 6. The molecule has 0 aliphatic rings. The fourth-order valence-electron chi connectivity index (χ4n) is 3.32. The zero-order chi connectivity index (χ0) is 25.8. The highest BCUT2D eigenvalue weighted by Crippen LogP contribution is 2.22. The van der Waals surface area contributed by atoms with Gasteiger partial charge >= 0.3 is 0 Å². The van der Waals surface area contributed by atoms with Gasteiger partial charge in [-0.15, -0.1) is 0 Å². The number of para-hydroxylation sites is 1. The lowest BCUT2D eigenvalue weighted by Gasteiger charge is -2.19. The molecule has 0 bridgehead atoms. The first-order chi connectivity index (χ1) is 17.2. The minimum absolute atomic E-state index is 0.0133. The number of furan rings is 1. The number of amides is 1. The van der Waals surface area contributed by atoms with Gasteiger partial charge in [-0.1, -0.05) is 24.3 Å². The van der Waals surface area contributed by atoms with Gasteiger partial charge in [0.1, 0.15) is 5.76 Å². The Morgan fingerprint density at radius 1 is 0.833 bits per heavy atom. The van der Waals surface area contributed by atoms with E-state index in [0.717, 1.165) is 4.31 Å². The van der Waals surface area contributed by atoms with Crippen molar-refractivity contribution >= 4 is 37.3 Å². The molecule has 0 atom stereocenters. The third-order valence-corrected chi connectivity index (χ3v) is 8.51. The Hall–Kier alpha value is -3.93. The molecule has 36 heavy (non-hydrogen) atoms. The second-order valence-electron chi connectivity index (χ2n) is 7.72. The maximum atomic E-state index is 12.9. The molecule has 1 amide bonds. The van der Waals surface area contributed by atoms with Gasteiger partial charge < -0.3 is 9.73 Å². The molecule has 4 rings (SSSR count). The van der Waals surface area contributed by atoms with Crippen molar-refractivity contribution in [1.82, 2.24) is 4.72 Å². The molecule has 0 saturated heterocycles. The van der Waals surface area contributed by atoms with Gasteiger partial charge in [-0.3, -0.25) is 9.10 Å². The quantitative estimate of drug-likeness (QED) is 0.342. The highest BCUT2D eigenvalue weighted by molar-refractivity contribution is 7.92. The van der Waals surface area contributed by atoms with E-state index in [9.17, 15) is 21.6 Å². The molecule has 0 saturated carbocycles. The highest BCUT2D eigenvalue weighted by Gasteiger charge is 2.22. The maximum absolute atomic E-state index is 12.9. The highest BCUT2D eigenvalue weighted by atomic mass is 32.2. The van der Waals surface area contributed by atoms with Gasteiger partial charge in [0.05, 0.1) is 28.3 Å². The van der Waals surface area contributed by atoms with E-state index in [0.29, 0.717) is 11.4 Å². The number of carbonyl (C=O) groups excluding carboxylic acids is 1. The smallest absolute Gasteiger partial charge is 0.264 e. The first-order valence-electron chi connectivity index (χ1n) is 10.7. The van der Waals surface area contributed by atoms with Crippen molar-refractivity contribution < 1.29 is 26.0 Å². The van der Waals surface area contributed by atoms with Gasteiger partial charge in [0.25, 0.3) is 15.9 Å². The van der Waals surface area contributed by atoms with Crippen molar-refractivity contribution in [3.63, 3.8) is 0 Å². The first kappa shape index (κ1) is 25.2. The van der Waals surface area contributed by atoms with Crippen molar-refractivity contribution in [3.8, 4) is 0 Å². The van der Waals surface area contributed by atoms with Crippen molar-refractivity contribution in [2.45, 2.75) is 16.3 Å². The Morgan fingerprint density at radius 2 is 1.56 bits per heavy atom. The van der Waals surface area contributed by atoms with Crippen LogP contribution in [-0.2, 0) is 26.6 Å². The molecule has 1 heterocycles. The van der Waals surface area contributed by atoms with Crippen LogP contribution in [0.1, 0.15) is 16.1 Å². The molecule has 0 spiro atoms. The van der Waals surface area contributed by atoms with E-state index in [1.807, 2.05) is 0 Å². The van der Waals surface area contributed by atoms with Crippen LogP contribution in [0.15, 0.2) is 111 Å². The molecule has 0 aliphatic heterocycles. The van der Waals surface area contributed by atoms with E-state index in [-0.39, 0.29) is 27.6 Å². The number of nitrogens with zero attached hydrogens (tertiary/aromatic N) is 1. The van der Waals surface area contributed by atoms with Crippen molar-refractivity contribution in [3.05, 3.63) is 109 Å². The van der Waals surface area contributed by atoms with Gasteiger partial charge in [-0.2, -0.15) is 0 Å². The van der Waals surface area contributed by atoms with Crippen LogP contribution in [0.25, 0.3) is 0 Å². The number of anilines is 2. The summed E-state index contributed by atoms with van der Waals surface area (Å²) in [5.41, 5.74) is 0.981. The van der Waals surface area contributed by atoms with Crippen LogP contribution in [0.4, 0.5) is 11.4 Å². The molecule has 2 N–H and O–H groups in total. The number of carbonyl (C=O) groups is 1. The first-order valence-corrected chi connectivity index (χ1v) is 13.7. The van der Waals surface area contributed by atoms with Crippen molar-refractivity contribution in [2.75, 3.05) is 16.7 Å².